The third-order valence-electron chi connectivity index (χ3n) is 4.54. The molecule has 0 heterocycles. The first-order chi connectivity index (χ1) is 14.4. The van der Waals surface area contributed by atoms with Gasteiger partial charge in [0, 0.05) is 28.7 Å². The van der Waals surface area contributed by atoms with Crippen molar-refractivity contribution in [1.29, 1.82) is 0 Å². The molecule has 1 N–H and O–H groups in total. The van der Waals surface area contributed by atoms with Crippen LogP contribution >= 0.6 is 34.8 Å². The van der Waals surface area contributed by atoms with E-state index in [9.17, 15) is 18.0 Å². The second kappa shape index (κ2) is 10.5. The van der Waals surface area contributed by atoms with Crippen molar-refractivity contribution in [3.63, 3.8) is 0 Å². The number of halogens is 3. The summed E-state index contributed by atoms with van der Waals surface area (Å²) in [5.41, 5.74) is 0.796. The lowest BCUT2D eigenvalue weighted by Crippen LogP contribution is -2.50. The Bertz CT molecular complexity index is 1080. The smallest absolute Gasteiger partial charge is 0.244 e. The van der Waals surface area contributed by atoms with E-state index in [1.54, 1.807) is 31.2 Å². The van der Waals surface area contributed by atoms with Gasteiger partial charge in [-0.15, -0.1) is 0 Å². The Hall–Kier alpha value is -2.00. The number of amides is 2. The predicted octanol–water partition coefficient (Wildman–Crippen LogP) is 3.58. The second-order valence-corrected chi connectivity index (χ2v) is 9.98. The normalized spacial score (nSPS) is 12.2. The minimum Gasteiger partial charge on any atom is -0.357 e. The number of nitrogens with one attached hydrogen (secondary N) is 1. The standard InChI is InChI=1S/C20H22Cl3N3O4S/c1-13(20(28)24-2)25(11-14-7-8-16(22)10-18(14)23)19(27)12-26(31(3,29)30)17-6-4-5-15(21)9-17/h4-10,13H,11-12H2,1-3H3,(H,24,28)/t13-/m0/s1. The second-order valence-electron chi connectivity index (χ2n) is 6.80. The van der Waals surface area contributed by atoms with Gasteiger partial charge in [-0.1, -0.05) is 46.9 Å². The van der Waals surface area contributed by atoms with E-state index >= 15 is 0 Å². The van der Waals surface area contributed by atoms with Crippen LogP contribution in [-0.4, -0.2) is 51.0 Å². The highest BCUT2D eigenvalue weighted by atomic mass is 35.5. The van der Waals surface area contributed by atoms with Crippen molar-refractivity contribution in [3.05, 3.63) is 63.1 Å². The van der Waals surface area contributed by atoms with Crippen LogP contribution in [0.2, 0.25) is 15.1 Å². The minimum atomic E-state index is -3.82. The fourth-order valence-corrected chi connectivity index (χ4v) is 4.36. The summed E-state index contributed by atoms with van der Waals surface area (Å²) in [7, 11) is -2.37. The first-order valence-electron chi connectivity index (χ1n) is 9.12. The molecule has 0 radical (unpaired) electrons. The molecule has 7 nitrogen and oxygen atoms in total. The summed E-state index contributed by atoms with van der Waals surface area (Å²) in [5.74, 6) is -1.00. The Morgan fingerprint density at radius 3 is 2.26 bits per heavy atom. The zero-order valence-corrected chi connectivity index (χ0v) is 20.2. The van der Waals surface area contributed by atoms with Crippen molar-refractivity contribution < 1.29 is 18.0 Å². The van der Waals surface area contributed by atoms with Crippen LogP contribution in [0.25, 0.3) is 0 Å². The van der Waals surface area contributed by atoms with Gasteiger partial charge in [0.25, 0.3) is 0 Å². The predicted molar refractivity (Wildman–Crippen MR) is 124 cm³/mol. The lowest BCUT2D eigenvalue weighted by atomic mass is 10.1. The van der Waals surface area contributed by atoms with Crippen LogP contribution in [0.3, 0.4) is 0 Å². The van der Waals surface area contributed by atoms with E-state index in [1.807, 2.05) is 0 Å². The Morgan fingerprint density at radius 1 is 1.06 bits per heavy atom. The summed E-state index contributed by atoms with van der Waals surface area (Å²) in [6.45, 7) is 1.01. The van der Waals surface area contributed by atoms with E-state index in [0.717, 1.165) is 10.6 Å². The van der Waals surface area contributed by atoms with Crippen LogP contribution in [0.1, 0.15) is 12.5 Å². The highest BCUT2D eigenvalue weighted by Crippen LogP contribution is 2.25. The molecule has 0 bridgehead atoms. The number of benzene rings is 2. The molecular formula is C20H22Cl3N3O4S. The van der Waals surface area contributed by atoms with Crippen molar-refractivity contribution in [1.82, 2.24) is 10.2 Å². The molecule has 2 aromatic rings. The van der Waals surface area contributed by atoms with Gasteiger partial charge in [-0.25, -0.2) is 8.42 Å². The number of carbonyl (C=O) groups is 2. The van der Waals surface area contributed by atoms with Gasteiger partial charge in [0.2, 0.25) is 21.8 Å². The molecule has 0 aromatic heterocycles. The molecule has 0 saturated heterocycles. The van der Waals surface area contributed by atoms with Gasteiger partial charge in [-0.3, -0.25) is 13.9 Å². The van der Waals surface area contributed by atoms with Gasteiger partial charge in [0.05, 0.1) is 11.9 Å². The van der Waals surface area contributed by atoms with Gasteiger partial charge in [0.15, 0.2) is 0 Å². The maximum Gasteiger partial charge on any atom is 0.244 e. The van der Waals surface area contributed by atoms with Crippen molar-refractivity contribution >= 4 is 62.3 Å². The number of sulfonamides is 1. The molecule has 0 aliphatic heterocycles. The topological polar surface area (TPSA) is 86.8 Å². The zero-order chi connectivity index (χ0) is 23.3. The summed E-state index contributed by atoms with van der Waals surface area (Å²) < 4.78 is 25.8. The van der Waals surface area contributed by atoms with Crippen molar-refractivity contribution in [2.24, 2.45) is 0 Å². The average Bonchev–Trinajstić information content (AvgIpc) is 2.69. The molecule has 0 fully saturated rings. The quantitative estimate of drug-likeness (QED) is 0.593. The Balaban J connectivity index is 2.41. The van der Waals surface area contributed by atoms with Crippen molar-refractivity contribution in [2.75, 3.05) is 24.2 Å². The molecule has 1 atom stereocenters. The highest BCUT2D eigenvalue weighted by Gasteiger charge is 2.30. The molecule has 0 unspecified atom stereocenters. The molecule has 0 saturated carbocycles. The first-order valence-corrected chi connectivity index (χ1v) is 12.1. The maximum atomic E-state index is 13.2. The molecule has 31 heavy (non-hydrogen) atoms. The molecule has 168 valence electrons. The third kappa shape index (κ3) is 6.74. The number of carbonyl (C=O) groups excluding carboxylic acids is 2. The van der Waals surface area contributed by atoms with E-state index in [2.05, 4.69) is 5.32 Å². The SMILES string of the molecule is CNC(=O)[C@H](C)N(Cc1ccc(Cl)cc1Cl)C(=O)CN(c1cccc(Cl)c1)S(C)(=O)=O. The number of hydrogen-bond donors (Lipinski definition) is 1. The van der Waals surface area contributed by atoms with E-state index in [0.29, 0.717) is 20.6 Å². The third-order valence-corrected chi connectivity index (χ3v) is 6.51. The maximum absolute atomic E-state index is 13.2. The molecule has 0 spiro atoms. The van der Waals surface area contributed by atoms with E-state index in [1.165, 1.54) is 30.1 Å². The summed E-state index contributed by atoms with van der Waals surface area (Å²) in [5, 5.41) is 3.57. The Labute approximate surface area is 196 Å². The monoisotopic (exact) mass is 505 g/mol. The first kappa shape index (κ1) is 25.3. The van der Waals surface area contributed by atoms with Gasteiger partial charge in [-0.05, 0) is 42.8 Å². The lowest BCUT2D eigenvalue weighted by Gasteiger charge is -2.31. The molecule has 2 rings (SSSR count). The Morgan fingerprint density at radius 2 is 1.71 bits per heavy atom. The summed E-state index contributed by atoms with van der Waals surface area (Å²) in [6.07, 6.45) is 0.990. The highest BCUT2D eigenvalue weighted by molar-refractivity contribution is 7.92. The van der Waals surface area contributed by atoms with Crippen LogP contribution in [0, 0.1) is 0 Å². The number of anilines is 1. The minimum absolute atomic E-state index is 0.0173. The fraction of sp³-hybridized carbons (Fsp3) is 0.300. The fourth-order valence-electron chi connectivity index (χ4n) is 2.87. The zero-order valence-electron chi connectivity index (χ0n) is 17.1. The van der Waals surface area contributed by atoms with Crippen molar-refractivity contribution in [2.45, 2.75) is 19.5 Å². The molecule has 2 amide bonds. The lowest BCUT2D eigenvalue weighted by molar-refractivity contribution is -0.139. The van der Waals surface area contributed by atoms with Crippen LogP contribution < -0.4 is 9.62 Å². The van der Waals surface area contributed by atoms with Gasteiger partial charge in [0.1, 0.15) is 12.6 Å². The number of hydrogen-bond acceptors (Lipinski definition) is 4. The summed E-state index contributed by atoms with van der Waals surface area (Å²) in [4.78, 5) is 26.8. The summed E-state index contributed by atoms with van der Waals surface area (Å²) in [6, 6.07) is 10.1. The Kier molecular flexibility index (Phi) is 8.59. The molecule has 0 aliphatic rings. The van der Waals surface area contributed by atoms with Crippen LogP contribution in [0.15, 0.2) is 42.5 Å². The van der Waals surface area contributed by atoms with Crippen LogP contribution in [0.5, 0.6) is 0 Å². The number of likely N-dealkylation sites (N-methyl/N-ethyl adjacent to an activating group) is 1. The van der Waals surface area contributed by atoms with E-state index in [4.69, 9.17) is 34.8 Å². The van der Waals surface area contributed by atoms with Crippen LogP contribution in [0.4, 0.5) is 5.69 Å². The van der Waals surface area contributed by atoms with Gasteiger partial charge >= 0.3 is 0 Å². The van der Waals surface area contributed by atoms with Gasteiger partial charge < -0.3 is 10.2 Å². The van der Waals surface area contributed by atoms with E-state index < -0.39 is 34.4 Å². The van der Waals surface area contributed by atoms with Gasteiger partial charge in [-0.2, -0.15) is 0 Å². The summed E-state index contributed by atoms with van der Waals surface area (Å²) >= 11 is 18.2. The molecular weight excluding hydrogens is 485 g/mol. The van der Waals surface area contributed by atoms with E-state index in [-0.39, 0.29) is 12.2 Å². The molecule has 0 aliphatic carbocycles. The van der Waals surface area contributed by atoms with Crippen LogP contribution in [-0.2, 0) is 26.2 Å². The number of rotatable bonds is 8. The molecule has 2 aromatic carbocycles. The molecule has 11 heteroatoms. The average molecular weight is 507 g/mol. The number of nitrogens with zero attached hydrogens (tertiary/aromatic N) is 2. The van der Waals surface area contributed by atoms with Crippen molar-refractivity contribution in [3.8, 4) is 0 Å². The largest absolute Gasteiger partial charge is 0.357 e.